The van der Waals surface area contributed by atoms with Gasteiger partial charge >= 0.3 is 0 Å². The Kier molecular flexibility index (Phi) is 8.42. The van der Waals surface area contributed by atoms with Crippen LogP contribution in [0.5, 0.6) is 0 Å². The second kappa shape index (κ2) is 9.43. The van der Waals surface area contributed by atoms with Gasteiger partial charge in [-0.05, 0) is 100 Å². The van der Waals surface area contributed by atoms with Gasteiger partial charge in [0.2, 0.25) is 0 Å². The van der Waals surface area contributed by atoms with Crippen molar-refractivity contribution in [2.45, 2.75) is 152 Å². The molecule has 2 nitrogen and oxygen atoms in total. The summed E-state index contributed by atoms with van der Waals surface area (Å²) in [4.78, 5) is 0. The van der Waals surface area contributed by atoms with E-state index in [9.17, 15) is 0 Å². The van der Waals surface area contributed by atoms with E-state index >= 15 is 0 Å². The van der Waals surface area contributed by atoms with E-state index in [4.69, 9.17) is 0 Å². The van der Waals surface area contributed by atoms with Gasteiger partial charge < -0.3 is 5.32 Å². The van der Waals surface area contributed by atoms with E-state index in [2.05, 4.69) is 109 Å². The van der Waals surface area contributed by atoms with Crippen LogP contribution >= 0.6 is 9.39 Å². The highest BCUT2D eigenvalue weighted by Crippen LogP contribution is 2.61. The summed E-state index contributed by atoms with van der Waals surface area (Å²) in [6.07, 6.45) is 7.50. The Morgan fingerprint density at radius 2 is 1.22 bits per heavy atom. The van der Waals surface area contributed by atoms with Crippen molar-refractivity contribution in [1.82, 2.24) is 9.99 Å². The van der Waals surface area contributed by atoms with Gasteiger partial charge in [0.25, 0.3) is 0 Å². The summed E-state index contributed by atoms with van der Waals surface area (Å²) in [5.74, 6) is 2.08. The van der Waals surface area contributed by atoms with Crippen molar-refractivity contribution >= 4 is 9.39 Å². The van der Waals surface area contributed by atoms with Crippen LogP contribution in [0.15, 0.2) is 0 Å². The molecular formula is C29H59N2P. The lowest BCUT2D eigenvalue weighted by Gasteiger charge is -2.56. The molecule has 0 aromatic rings. The number of hydrogen-bond donors (Lipinski definition) is 1. The lowest BCUT2D eigenvalue weighted by molar-refractivity contribution is -0.0708. The number of nitrogens with one attached hydrogen (secondary N) is 1. The van der Waals surface area contributed by atoms with Crippen molar-refractivity contribution in [2.24, 2.45) is 34.0 Å². The average molecular weight is 467 g/mol. The van der Waals surface area contributed by atoms with Gasteiger partial charge in [0.15, 0.2) is 0 Å². The minimum atomic E-state index is 0.134. The normalized spacial score (nSPS) is 39.4. The highest BCUT2D eigenvalue weighted by molar-refractivity contribution is 7.13. The summed E-state index contributed by atoms with van der Waals surface area (Å²) < 4.78 is 2.64. The Balaban J connectivity index is 2.78. The number of rotatable bonds is 2. The Morgan fingerprint density at radius 3 is 1.69 bits per heavy atom. The Hall–Kier alpha value is 0.350. The van der Waals surface area contributed by atoms with Crippen LogP contribution in [0.1, 0.15) is 129 Å². The summed E-state index contributed by atoms with van der Waals surface area (Å²) in [6, 6.07) is 1.26. The molecule has 2 saturated heterocycles. The van der Waals surface area contributed by atoms with Crippen molar-refractivity contribution in [3.05, 3.63) is 0 Å². The molecule has 6 unspecified atom stereocenters. The lowest BCUT2D eigenvalue weighted by Crippen LogP contribution is -2.52. The third kappa shape index (κ3) is 5.76. The molecule has 2 rings (SSSR count). The molecule has 2 aliphatic heterocycles. The van der Waals surface area contributed by atoms with Crippen molar-refractivity contribution in [1.29, 1.82) is 0 Å². The van der Waals surface area contributed by atoms with E-state index in [-0.39, 0.29) is 27.3 Å². The third-order valence-electron chi connectivity index (χ3n) is 9.52. The van der Waals surface area contributed by atoms with Gasteiger partial charge in [0.05, 0.1) is 0 Å². The van der Waals surface area contributed by atoms with E-state index in [0.717, 1.165) is 0 Å². The topological polar surface area (TPSA) is 15.3 Å². The molecule has 0 aliphatic carbocycles. The minimum Gasteiger partial charge on any atom is -0.311 e. The van der Waals surface area contributed by atoms with Gasteiger partial charge in [0, 0.05) is 23.2 Å². The van der Waals surface area contributed by atoms with Crippen LogP contribution in [0, 0.1) is 34.0 Å². The first kappa shape index (κ1) is 28.6. The van der Waals surface area contributed by atoms with Crippen molar-refractivity contribution in [3.63, 3.8) is 0 Å². The number of fused-ring (bicyclic) bond motifs is 1. The molecular weight excluding hydrogens is 407 g/mol. The van der Waals surface area contributed by atoms with Gasteiger partial charge in [-0.25, -0.2) is 0 Å². The van der Waals surface area contributed by atoms with Gasteiger partial charge in [-0.2, -0.15) is 0 Å². The van der Waals surface area contributed by atoms with Gasteiger partial charge in [-0.3, -0.25) is 4.67 Å². The molecule has 2 fully saturated rings. The maximum absolute atomic E-state index is 4.12. The maximum atomic E-state index is 4.12. The molecule has 2 heterocycles. The summed E-state index contributed by atoms with van der Waals surface area (Å²) in [7, 11) is 3.15. The van der Waals surface area contributed by atoms with Crippen LogP contribution in [0.2, 0.25) is 0 Å². The van der Waals surface area contributed by atoms with Crippen molar-refractivity contribution in [2.75, 3.05) is 0 Å². The highest BCUT2D eigenvalue weighted by Gasteiger charge is 2.56. The van der Waals surface area contributed by atoms with Crippen LogP contribution in [0.25, 0.3) is 0 Å². The summed E-state index contributed by atoms with van der Waals surface area (Å²) in [5.41, 5.74) is 1.07. The molecule has 190 valence electrons. The summed E-state index contributed by atoms with van der Waals surface area (Å²) in [5, 5.41) is 4.12. The highest BCUT2D eigenvalue weighted by atomic mass is 31.0. The van der Waals surface area contributed by atoms with Gasteiger partial charge in [-0.1, -0.05) is 71.7 Å². The Morgan fingerprint density at radius 1 is 0.750 bits per heavy atom. The van der Waals surface area contributed by atoms with E-state index in [0.29, 0.717) is 29.8 Å². The first-order chi connectivity index (χ1) is 14.3. The Bertz CT molecular complexity index is 633. The van der Waals surface area contributed by atoms with Gasteiger partial charge in [0.1, 0.15) is 0 Å². The van der Waals surface area contributed by atoms with Crippen LogP contribution < -0.4 is 5.32 Å². The van der Waals surface area contributed by atoms with Crippen molar-refractivity contribution in [3.8, 4) is 0 Å². The summed E-state index contributed by atoms with van der Waals surface area (Å²) >= 11 is 0. The molecule has 0 bridgehead atoms. The molecule has 2 aliphatic rings. The third-order valence-corrected chi connectivity index (χ3v) is 10.9. The molecule has 0 amide bonds. The van der Waals surface area contributed by atoms with Gasteiger partial charge in [-0.15, -0.1) is 0 Å². The van der Waals surface area contributed by atoms with Crippen LogP contribution in [0.3, 0.4) is 0 Å². The minimum absolute atomic E-state index is 0.134. The molecule has 0 aromatic carbocycles. The number of nitrogens with zero attached hydrogens (tertiary/aromatic N) is 1. The van der Waals surface area contributed by atoms with Crippen LogP contribution in [-0.2, 0) is 0 Å². The van der Waals surface area contributed by atoms with E-state index in [1.165, 1.54) is 38.5 Å². The molecule has 0 spiro atoms. The first-order valence-electron chi connectivity index (χ1n) is 13.6. The number of hydrogen-bond acceptors (Lipinski definition) is 2. The molecule has 1 N–H and O–H groups in total. The zero-order valence-corrected chi connectivity index (χ0v) is 25.3. The SMILES string of the molecule is CCC1CC(C)C2C(C(C)(C)CC(CC)N1)C(C)(C)CC(C)(C)N(P)C(C)(C)CC2(C)C. The molecule has 3 heteroatoms. The molecule has 0 aromatic heterocycles. The zero-order valence-electron chi connectivity index (χ0n) is 24.2. The first-order valence-corrected chi connectivity index (χ1v) is 14.1. The van der Waals surface area contributed by atoms with Crippen LogP contribution in [0.4, 0.5) is 0 Å². The zero-order chi connectivity index (χ0) is 24.9. The van der Waals surface area contributed by atoms with E-state index in [1.807, 2.05) is 0 Å². The smallest absolute Gasteiger partial charge is 0.0196 e. The predicted molar refractivity (Wildman–Crippen MR) is 147 cm³/mol. The fourth-order valence-corrected chi connectivity index (χ4v) is 9.57. The van der Waals surface area contributed by atoms with Crippen molar-refractivity contribution < 1.29 is 0 Å². The van der Waals surface area contributed by atoms with E-state index < -0.39 is 0 Å². The molecule has 32 heavy (non-hydrogen) atoms. The monoisotopic (exact) mass is 466 g/mol. The largest absolute Gasteiger partial charge is 0.311 e. The van der Waals surface area contributed by atoms with Crippen LogP contribution in [-0.4, -0.2) is 27.8 Å². The quantitative estimate of drug-likeness (QED) is 0.412. The summed E-state index contributed by atoms with van der Waals surface area (Å²) in [6.45, 7) is 32.9. The predicted octanol–water partition coefficient (Wildman–Crippen LogP) is 8.32. The fourth-order valence-electron chi connectivity index (χ4n) is 9.39. The Labute approximate surface area is 205 Å². The fraction of sp³-hybridized carbons (Fsp3) is 1.00. The molecule has 6 atom stereocenters. The molecule has 0 radical (unpaired) electrons. The standard InChI is InChI=1S/C29H59N2P/c1-14-21-16-20(3)23-24(25(4,5)17-22(15-2)30-21)27(8,9)19-29(12,13)31(32)28(10,11)18-26(23,6)7/h20-24,30H,14-19,32H2,1-13H3. The second-order valence-corrected chi connectivity index (χ2v) is 15.6. The average Bonchev–Trinajstić information content (AvgIpc) is 2.65. The van der Waals surface area contributed by atoms with E-state index in [1.54, 1.807) is 0 Å². The maximum Gasteiger partial charge on any atom is 0.0196 e. The second-order valence-electron chi connectivity index (χ2n) is 15.1. The lowest BCUT2D eigenvalue weighted by atomic mass is 9.48. The molecule has 0 saturated carbocycles.